The summed E-state index contributed by atoms with van der Waals surface area (Å²) in [5.41, 5.74) is 2.39. The number of nitrogens with zero attached hydrogens (tertiary/aromatic N) is 1. The first kappa shape index (κ1) is 23.5. The number of benzene rings is 2. The van der Waals surface area contributed by atoms with Crippen molar-refractivity contribution < 1.29 is 14.3 Å². The van der Waals surface area contributed by atoms with Gasteiger partial charge in [-0.1, -0.05) is 63.2 Å². The number of hydrogen-bond donors (Lipinski definition) is 1. The molecule has 0 heterocycles. The Morgan fingerprint density at radius 1 is 1.03 bits per heavy atom. The van der Waals surface area contributed by atoms with Gasteiger partial charge in [0, 0.05) is 13.1 Å². The highest BCUT2D eigenvalue weighted by Crippen LogP contribution is 2.24. The highest BCUT2D eigenvalue weighted by Gasteiger charge is 2.25. The largest absolute Gasteiger partial charge is 0.484 e. The van der Waals surface area contributed by atoms with Crippen LogP contribution >= 0.6 is 0 Å². The van der Waals surface area contributed by atoms with Crippen LogP contribution in [0.25, 0.3) is 0 Å². The molecule has 0 saturated carbocycles. The first-order valence-corrected chi connectivity index (χ1v) is 10.6. The number of carbonyl (C=O) groups excluding carboxylic acids is 2. The molecule has 5 nitrogen and oxygen atoms in total. The second-order valence-electron chi connectivity index (χ2n) is 8.46. The van der Waals surface area contributed by atoms with Crippen LogP contribution < -0.4 is 10.1 Å². The maximum atomic E-state index is 12.9. The van der Waals surface area contributed by atoms with Gasteiger partial charge in [0.2, 0.25) is 5.91 Å². The van der Waals surface area contributed by atoms with Gasteiger partial charge in [0.25, 0.3) is 5.91 Å². The van der Waals surface area contributed by atoms with Crippen LogP contribution in [0, 0.1) is 0 Å². The van der Waals surface area contributed by atoms with E-state index in [4.69, 9.17) is 4.74 Å². The molecule has 0 fully saturated rings. The Labute approximate surface area is 180 Å². The third kappa shape index (κ3) is 6.90. The van der Waals surface area contributed by atoms with E-state index in [0.717, 1.165) is 5.56 Å². The molecule has 5 heteroatoms. The number of nitrogens with one attached hydrogen (secondary N) is 1. The van der Waals surface area contributed by atoms with Crippen LogP contribution in [0.1, 0.15) is 45.7 Å². The molecule has 2 aromatic carbocycles. The second kappa shape index (κ2) is 10.8. The average Bonchev–Trinajstić information content (AvgIpc) is 2.72. The minimum Gasteiger partial charge on any atom is -0.484 e. The molecule has 0 radical (unpaired) electrons. The monoisotopic (exact) mass is 410 g/mol. The Morgan fingerprint density at radius 2 is 1.67 bits per heavy atom. The standard InChI is InChI=1S/C25H34N2O3/c1-6-26-24(29)19(2)27(17-16-20-10-8-7-9-11-20)23(28)18-30-22-14-12-21(13-15-22)25(3,4)5/h7-15,19H,6,16-18H2,1-5H3,(H,26,29). The molecule has 0 aromatic heterocycles. The lowest BCUT2D eigenvalue weighted by Gasteiger charge is -2.28. The summed E-state index contributed by atoms with van der Waals surface area (Å²) in [6.07, 6.45) is 0.677. The SMILES string of the molecule is CCNC(=O)C(C)N(CCc1ccccc1)C(=O)COc1ccc(C(C)(C)C)cc1. The molecule has 2 aromatic rings. The van der Waals surface area contributed by atoms with Crippen molar-refractivity contribution in [1.29, 1.82) is 0 Å². The minimum atomic E-state index is -0.562. The van der Waals surface area contributed by atoms with Gasteiger partial charge in [-0.2, -0.15) is 0 Å². The van der Waals surface area contributed by atoms with Gasteiger partial charge in [0.05, 0.1) is 0 Å². The van der Waals surface area contributed by atoms with Crippen LogP contribution in [0.5, 0.6) is 5.75 Å². The lowest BCUT2D eigenvalue weighted by molar-refractivity contribution is -0.141. The van der Waals surface area contributed by atoms with Crippen molar-refractivity contribution in [1.82, 2.24) is 10.2 Å². The third-order valence-electron chi connectivity index (χ3n) is 5.09. The summed E-state index contributed by atoms with van der Waals surface area (Å²) in [4.78, 5) is 26.9. The number of likely N-dealkylation sites (N-methyl/N-ethyl adjacent to an activating group) is 1. The molecule has 0 aliphatic rings. The molecule has 0 spiro atoms. The number of hydrogen-bond acceptors (Lipinski definition) is 3. The van der Waals surface area contributed by atoms with Gasteiger partial charge < -0.3 is 15.0 Å². The lowest BCUT2D eigenvalue weighted by atomic mass is 9.87. The molecular weight excluding hydrogens is 376 g/mol. The maximum absolute atomic E-state index is 12.9. The zero-order valence-corrected chi connectivity index (χ0v) is 18.8. The van der Waals surface area contributed by atoms with Crippen LogP contribution in [0.3, 0.4) is 0 Å². The highest BCUT2D eigenvalue weighted by atomic mass is 16.5. The van der Waals surface area contributed by atoms with Crippen molar-refractivity contribution in [2.45, 2.75) is 52.5 Å². The van der Waals surface area contributed by atoms with Gasteiger partial charge >= 0.3 is 0 Å². The quantitative estimate of drug-likeness (QED) is 0.681. The predicted molar refractivity (Wildman–Crippen MR) is 121 cm³/mol. The minimum absolute atomic E-state index is 0.0602. The van der Waals surface area contributed by atoms with Crippen LogP contribution in [0.2, 0.25) is 0 Å². The number of carbonyl (C=O) groups is 2. The van der Waals surface area contributed by atoms with Crippen molar-refractivity contribution in [2.24, 2.45) is 0 Å². The summed E-state index contributed by atoms with van der Waals surface area (Å²) in [6.45, 7) is 11.0. The van der Waals surface area contributed by atoms with E-state index >= 15 is 0 Å². The molecule has 1 atom stereocenters. The van der Waals surface area contributed by atoms with Crippen molar-refractivity contribution in [3.63, 3.8) is 0 Å². The van der Waals surface area contributed by atoms with Gasteiger partial charge in [-0.25, -0.2) is 0 Å². The van der Waals surface area contributed by atoms with E-state index < -0.39 is 6.04 Å². The van der Waals surface area contributed by atoms with Crippen LogP contribution in [0.15, 0.2) is 54.6 Å². The molecule has 0 bridgehead atoms. The topological polar surface area (TPSA) is 58.6 Å². The number of ether oxygens (including phenoxy) is 1. The summed E-state index contributed by atoms with van der Waals surface area (Å²) in [5, 5.41) is 2.80. The molecule has 0 aliphatic carbocycles. The van der Waals surface area contributed by atoms with E-state index in [1.807, 2.05) is 61.5 Å². The van der Waals surface area contributed by atoms with E-state index in [9.17, 15) is 9.59 Å². The zero-order valence-electron chi connectivity index (χ0n) is 18.8. The fourth-order valence-electron chi connectivity index (χ4n) is 3.17. The van der Waals surface area contributed by atoms with Crippen LogP contribution in [0.4, 0.5) is 0 Å². The summed E-state index contributed by atoms with van der Waals surface area (Å²) in [5.74, 6) is 0.281. The first-order valence-electron chi connectivity index (χ1n) is 10.6. The second-order valence-corrected chi connectivity index (χ2v) is 8.46. The van der Waals surface area contributed by atoms with E-state index in [1.165, 1.54) is 5.56 Å². The first-order chi connectivity index (χ1) is 14.2. The molecule has 162 valence electrons. The molecule has 2 rings (SSSR count). The van der Waals surface area contributed by atoms with E-state index in [0.29, 0.717) is 25.3 Å². The third-order valence-corrected chi connectivity index (χ3v) is 5.09. The normalized spacial score (nSPS) is 12.2. The summed E-state index contributed by atoms with van der Waals surface area (Å²) in [7, 11) is 0. The molecule has 0 saturated heterocycles. The van der Waals surface area contributed by atoms with Gasteiger partial charge in [-0.3, -0.25) is 9.59 Å². The van der Waals surface area contributed by atoms with Crippen molar-refractivity contribution in [2.75, 3.05) is 19.7 Å². The lowest BCUT2D eigenvalue weighted by Crippen LogP contribution is -2.50. The van der Waals surface area contributed by atoms with E-state index in [1.54, 1.807) is 11.8 Å². The Hall–Kier alpha value is -2.82. The smallest absolute Gasteiger partial charge is 0.261 e. The van der Waals surface area contributed by atoms with Crippen molar-refractivity contribution >= 4 is 11.8 Å². The molecule has 2 amide bonds. The molecular formula is C25H34N2O3. The fourth-order valence-corrected chi connectivity index (χ4v) is 3.17. The summed E-state index contributed by atoms with van der Waals surface area (Å²) >= 11 is 0. The Bertz CT molecular complexity index is 811. The Morgan fingerprint density at radius 3 is 2.23 bits per heavy atom. The molecule has 1 unspecified atom stereocenters. The summed E-state index contributed by atoms with van der Waals surface area (Å²) < 4.78 is 5.74. The average molecular weight is 411 g/mol. The molecule has 30 heavy (non-hydrogen) atoms. The number of amides is 2. The summed E-state index contributed by atoms with van der Waals surface area (Å²) in [6, 6.07) is 17.2. The molecule has 1 N–H and O–H groups in total. The highest BCUT2D eigenvalue weighted by molar-refractivity contribution is 5.87. The van der Waals surface area contributed by atoms with Crippen molar-refractivity contribution in [3.8, 4) is 5.75 Å². The van der Waals surface area contributed by atoms with E-state index in [-0.39, 0.29) is 23.8 Å². The van der Waals surface area contributed by atoms with Gasteiger partial charge in [-0.05, 0) is 48.9 Å². The number of rotatable bonds is 9. The Kier molecular flexibility index (Phi) is 8.46. The van der Waals surface area contributed by atoms with Crippen molar-refractivity contribution in [3.05, 3.63) is 65.7 Å². The van der Waals surface area contributed by atoms with Gasteiger partial charge in [0.15, 0.2) is 6.61 Å². The van der Waals surface area contributed by atoms with Gasteiger partial charge in [0.1, 0.15) is 11.8 Å². The van der Waals surface area contributed by atoms with Crippen LogP contribution in [-0.2, 0) is 21.4 Å². The Balaban J connectivity index is 2.04. The maximum Gasteiger partial charge on any atom is 0.261 e. The predicted octanol–water partition coefficient (Wildman–Crippen LogP) is 3.96. The molecule has 0 aliphatic heterocycles. The fraction of sp³-hybridized carbons (Fsp3) is 0.440. The zero-order chi connectivity index (χ0) is 22.1. The van der Waals surface area contributed by atoms with Crippen LogP contribution in [-0.4, -0.2) is 42.5 Å². The van der Waals surface area contributed by atoms with E-state index in [2.05, 4.69) is 26.1 Å². The van der Waals surface area contributed by atoms with Gasteiger partial charge in [-0.15, -0.1) is 0 Å².